The number of hydrogen-bond acceptors (Lipinski definition) is 1. The van der Waals surface area contributed by atoms with E-state index in [9.17, 15) is 13.2 Å². The van der Waals surface area contributed by atoms with Gasteiger partial charge in [-0.25, -0.2) is 13.2 Å². The fourth-order valence-corrected chi connectivity index (χ4v) is 1.95. The third-order valence-corrected chi connectivity index (χ3v) is 3.20. The van der Waals surface area contributed by atoms with Gasteiger partial charge < -0.3 is 4.74 Å². The summed E-state index contributed by atoms with van der Waals surface area (Å²) in [6, 6.07) is 6.39. The lowest BCUT2D eigenvalue weighted by atomic mass is 10.1. The number of ether oxygens (including phenoxy) is 1. The Morgan fingerprint density at radius 3 is 2.25 bits per heavy atom. The minimum absolute atomic E-state index is 0.0190. The van der Waals surface area contributed by atoms with E-state index < -0.39 is 17.4 Å². The number of alkyl halides is 1. The molecule has 0 aliphatic carbocycles. The first-order chi connectivity index (χ1) is 9.51. The second-order valence-electron chi connectivity index (χ2n) is 4.38. The van der Waals surface area contributed by atoms with Crippen molar-refractivity contribution < 1.29 is 17.9 Å². The van der Waals surface area contributed by atoms with Gasteiger partial charge in [0.1, 0.15) is 12.4 Å². The van der Waals surface area contributed by atoms with Crippen LogP contribution in [0.15, 0.2) is 30.3 Å². The van der Waals surface area contributed by atoms with Crippen molar-refractivity contribution in [3.05, 3.63) is 64.5 Å². The van der Waals surface area contributed by atoms with Crippen LogP contribution in [0.25, 0.3) is 0 Å². The molecule has 0 radical (unpaired) electrons. The molecule has 0 saturated heterocycles. The summed E-state index contributed by atoms with van der Waals surface area (Å²) >= 11 is 5.52. The Bertz CT molecular complexity index is 606. The van der Waals surface area contributed by atoms with Gasteiger partial charge in [0.05, 0.1) is 0 Å². The molecular formula is C15H12ClF3O. The van der Waals surface area contributed by atoms with Gasteiger partial charge in [-0.3, -0.25) is 0 Å². The van der Waals surface area contributed by atoms with Crippen molar-refractivity contribution in [2.45, 2.75) is 19.4 Å². The second kappa shape index (κ2) is 6.18. The Hall–Kier alpha value is -1.68. The Kier molecular flexibility index (Phi) is 4.55. The van der Waals surface area contributed by atoms with Crippen LogP contribution >= 0.6 is 11.6 Å². The molecule has 20 heavy (non-hydrogen) atoms. The molecule has 2 rings (SSSR count). The summed E-state index contributed by atoms with van der Waals surface area (Å²) in [5.74, 6) is -2.41. The van der Waals surface area contributed by atoms with Gasteiger partial charge in [-0.05, 0) is 47.9 Å². The maximum absolute atomic E-state index is 13.7. The molecule has 5 heteroatoms. The molecule has 0 atom stereocenters. The van der Waals surface area contributed by atoms with Gasteiger partial charge in [-0.2, -0.15) is 0 Å². The Labute approximate surface area is 119 Å². The van der Waals surface area contributed by atoms with Crippen molar-refractivity contribution >= 4 is 11.6 Å². The zero-order valence-electron chi connectivity index (χ0n) is 10.7. The van der Waals surface area contributed by atoms with Crippen molar-refractivity contribution in [1.82, 2.24) is 0 Å². The monoisotopic (exact) mass is 300 g/mol. The molecule has 0 fully saturated rings. The zero-order valence-corrected chi connectivity index (χ0v) is 11.5. The maximum Gasteiger partial charge on any atom is 0.191 e. The van der Waals surface area contributed by atoms with E-state index in [4.69, 9.17) is 16.3 Å². The van der Waals surface area contributed by atoms with E-state index in [0.29, 0.717) is 16.7 Å². The summed E-state index contributed by atoms with van der Waals surface area (Å²) in [4.78, 5) is 0. The fraction of sp³-hybridized carbons (Fsp3) is 0.200. The largest absolute Gasteiger partial charge is 0.483 e. The average Bonchev–Trinajstić information content (AvgIpc) is 2.39. The van der Waals surface area contributed by atoms with E-state index in [1.807, 2.05) is 0 Å². The van der Waals surface area contributed by atoms with E-state index in [1.54, 1.807) is 6.92 Å². The van der Waals surface area contributed by atoms with Crippen molar-refractivity contribution in [2.75, 3.05) is 0 Å². The van der Waals surface area contributed by atoms with Crippen LogP contribution in [0.3, 0.4) is 0 Å². The molecule has 1 nitrogen and oxygen atoms in total. The van der Waals surface area contributed by atoms with Gasteiger partial charge >= 0.3 is 0 Å². The second-order valence-corrected chi connectivity index (χ2v) is 4.65. The van der Waals surface area contributed by atoms with Crippen LogP contribution in [0.4, 0.5) is 13.2 Å². The lowest BCUT2D eigenvalue weighted by molar-refractivity contribution is 0.273. The van der Waals surface area contributed by atoms with Crippen LogP contribution in [-0.2, 0) is 12.5 Å². The molecular weight excluding hydrogens is 289 g/mol. The third-order valence-electron chi connectivity index (χ3n) is 2.89. The molecule has 0 unspecified atom stereocenters. The highest BCUT2D eigenvalue weighted by atomic mass is 35.5. The first kappa shape index (κ1) is 14.7. The van der Waals surface area contributed by atoms with E-state index >= 15 is 0 Å². The average molecular weight is 301 g/mol. The molecule has 106 valence electrons. The number of halogens is 4. The van der Waals surface area contributed by atoms with Crippen LogP contribution in [0.2, 0.25) is 0 Å². The van der Waals surface area contributed by atoms with Gasteiger partial charge in [0.15, 0.2) is 17.4 Å². The summed E-state index contributed by atoms with van der Waals surface area (Å²) in [6.07, 6.45) is 0. The summed E-state index contributed by atoms with van der Waals surface area (Å²) in [7, 11) is 0. The smallest absolute Gasteiger partial charge is 0.191 e. The normalized spacial score (nSPS) is 10.7. The highest BCUT2D eigenvalue weighted by Crippen LogP contribution is 2.25. The number of hydrogen-bond donors (Lipinski definition) is 0. The maximum atomic E-state index is 13.7. The lowest BCUT2D eigenvalue weighted by Crippen LogP contribution is -2.02. The van der Waals surface area contributed by atoms with Crippen molar-refractivity contribution in [3.8, 4) is 5.75 Å². The molecule has 0 aromatic heterocycles. The molecule has 2 aromatic carbocycles. The van der Waals surface area contributed by atoms with Crippen LogP contribution in [0.1, 0.15) is 16.7 Å². The summed E-state index contributed by atoms with van der Waals surface area (Å²) in [5.41, 5.74) is 1.65. The van der Waals surface area contributed by atoms with Gasteiger partial charge in [-0.15, -0.1) is 11.6 Å². The Morgan fingerprint density at radius 2 is 1.70 bits per heavy atom. The highest BCUT2D eigenvalue weighted by molar-refractivity contribution is 6.17. The van der Waals surface area contributed by atoms with Gasteiger partial charge in [0, 0.05) is 5.88 Å². The Morgan fingerprint density at radius 1 is 1.05 bits per heavy atom. The van der Waals surface area contributed by atoms with E-state index in [-0.39, 0.29) is 18.3 Å². The van der Waals surface area contributed by atoms with E-state index in [1.165, 1.54) is 18.2 Å². The van der Waals surface area contributed by atoms with Gasteiger partial charge in [0.25, 0.3) is 0 Å². The summed E-state index contributed by atoms with van der Waals surface area (Å²) in [6.45, 7) is 1.66. The molecule has 0 aliphatic heterocycles. The predicted molar refractivity (Wildman–Crippen MR) is 71.4 cm³/mol. The Balaban J connectivity index is 2.19. The zero-order chi connectivity index (χ0) is 14.7. The quantitative estimate of drug-likeness (QED) is 0.742. The number of benzene rings is 2. The fourth-order valence-electron chi connectivity index (χ4n) is 1.80. The predicted octanol–water partition coefficient (Wildman–Crippen LogP) is 4.73. The molecule has 0 aliphatic rings. The van der Waals surface area contributed by atoms with Crippen LogP contribution in [0.5, 0.6) is 5.75 Å². The molecule has 0 spiro atoms. The summed E-state index contributed by atoms with van der Waals surface area (Å²) in [5, 5.41) is 0. The molecule has 0 saturated carbocycles. The van der Waals surface area contributed by atoms with Crippen LogP contribution in [0, 0.1) is 24.4 Å². The molecule has 2 aromatic rings. The number of aryl methyl sites for hydroxylation is 1. The molecule has 0 bridgehead atoms. The number of rotatable bonds is 4. The van der Waals surface area contributed by atoms with Gasteiger partial charge in [-0.1, -0.05) is 6.07 Å². The highest BCUT2D eigenvalue weighted by Gasteiger charge is 2.13. The SMILES string of the molecule is Cc1cc(F)ccc1COc1c(F)cc(CCl)cc1F. The minimum Gasteiger partial charge on any atom is -0.483 e. The van der Waals surface area contributed by atoms with Crippen molar-refractivity contribution in [3.63, 3.8) is 0 Å². The van der Waals surface area contributed by atoms with Crippen LogP contribution in [-0.4, -0.2) is 0 Å². The van der Waals surface area contributed by atoms with Crippen molar-refractivity contribution in [1.29, 1.82) is 0 Å². The third kappa shape index (κ3) is 3.25. The summed E-state index contributed by atoms with van der Waals surface area (Å²) < 4.78 is 45.5. The lowest BCUT2D eigenvalue weighted by Gasteiger charge is -2.11. The molecule has 0 N–H and O–H groups in total. The first-order valence-corrected chi connectivity index (χ1v) is 6.46. The first-order valence-electron chi connectivity index (χ1n) is 5.93. The molecule has 0 amide bonds. The topological polar surface area (TPSA) is 9.23 Å². The van der Waals surface area contributed by atoms with E-state index in [2.05, 4.69) is 0 Å². The minimum atomic E-state index is -0.805. The van der Waals surface area contributed by atoms with Gasteiger partial charge in [0.2, 0.25) is 0 Å². The van der Waals surface area contributed by atoms with Crippen molar-refractivity contribution in [2.24, 2.45) is 0 Å². The van der Waals surface area contributed by atoms with E-state index in [0.717, 1.165) is 12.1 Å². The molecule has 0 heterocycles. The van der Waals surface area contributed by atoms with Crippen LogP contribution < -0.4 is 4.74 Å². The standard InChI is InChI=1S/C15H12ClF3O/c1-9-4-12(17)3-2-11(9)8-20-15-13(18)5-10(7-16)6-14(15)19/h2-6H,7-8H2,1H3.